The van der Waals surface area contributed by atoms with Gasteiger partial charge in [-0.25, -0.2) is 0 Å². The fourth-order valence-electron chi connectivity index (χ4n) is 2.55. The SMILES string of the molecule is Cc1cc(C(=O)NCC(N2CCNCC2)C(F)(F)F)n(C)n1.Cl. The van der Waals surface area contributed by atoms with Gasteiger partial charge in [-0.3, -0.25) is 14.4 Å². The van der Waals surface area contributed by atoms with Crippen LogP contribution in [0.2, 0.25) is 0 Å². The lowest BCUT2D eigenvalue weighted by Crippen LogP contribution is -2.57. The molecule has 1 fully saturated rings. The van der Waals surface area contributed by atoms with Crippen molar-refractivity contribution in [3.05, 3.63) is 17.5 Å². The summed E-state index contributed by atoms with van der Waals surface area (Å²) in [6, 6.07) is -0.129. The molecule has 0 spiro atoms. The molecule has 0 saturated carbocycles. The second kappa shape index (κ2) is 7.98. The average Bonchev–Trinajstić information content (AvgIpc) is 2.77. The number of hydrogen-bond donors (Lipinski definition) is 2. The van der Waals surface area contributed by atoms with Crippen molar-refractivity contribution in [2.75, 3.05) is 32.7 Å². The van der Waals surface area contributed by atoms with Crippen molar-refractivity contribution in [1.82, 2.24) is 25.3 Å². The molecule has 0 radical (unpaired) electrons. The summed E-state index contributed by atoms with van der Waals surface area (Å²) in [6.45, 7) is 2.90. The number of nitrogens with one attached hydrogen (secondary N) is 2. The summed E-state index contributed by atoms with van der Waals surface area (Å²) >= 11 is 0. The zero-order valence-corrected chi connectivity index (χ0v) is 13.8. The Morgan fingerprint density at radius 2 is 2.04 bits per heavy atom. The second-order valence-electron chi connectivity index (χ2n) is 5.35. The monoisotopic (exact) mass is 355 g/mol. The Morgan fingerprint density at radius 1 is 1.43 bits per heavy atom. The van der Waals surface area contributed by atoms with E-state index in [1.54, 1.807) is 20.0 Å². The van der Waals surface area contributed by atoms with Gasteiger partial charge < -0.3 is 10.6 Å². The minimum absolute atomic E-state index is 0. The van der Waals surface area contributed by atoms with Crippen LogP contribution in [0.15, 0.2) is 6.07 Å². The molecule has 132 valence electrons. The standard InChI is InChI=1S/C13H20F3N5O.ClH/c1-9-7-10(20(2)19-9)12(22)18-8-11(13(14,15)16)21-5-3-17-4-6-21;/h7,11,17H,3-6,8H2,1-2H3,(H,18,22);1H. The first-order valence-corrected chi connectivity index (χ1v) is 7.09. The maximum Gasteiger partial charge on any atom is 0.405 e. The quantitative estimate of drug-likeness (QED) is 0.835. The molecule has 2 heterocycles. The molecule has 6 nitrogen and oxygen atoms in total. The van der Waals surface area contributed by atoms with Crippen molar-refractivity contribution in [1.29, 1.82) is 0 Å². The maximum absolute atomic E-state index is 13.2. The van der Waals surface area contributed by atoms with Gasteiger partial charge in [-0.1, -0.05) is 0 Å². The maximum atomic E-state index is 13.2. The summed E-state index contributed by atoms with van der Waals surface area (Å²) in [4.78, 5) is 13.4. The summed E-state index contributed by atoms with van der Waals surface area (Å²) in [6.07, 6.45) is -4.38. The van der Waals surface area contributed by atoms with Gasteiger partial charge in [0.25, 0.3) is 5.91 Å². The van der Waals surface area contributed by atoms with Gasteiger partial charge in [0.2, 0.25) is 0 Å². The molecular weight excluding hydrogens is 335 g/mol. The second-order valence-corrected chi connectivity index (χ2v) is 5.35. The van der Waals surface area contributed by atoms with Gasteiger partial charge in [0.1, 0.15) is 11.7 Å². The summed E-state index contributed by atoms with van der Waals surface area (Å²) < 4.78 is 41.0. The number of aryl methyl sites for hydroxylation is 2. The topological polar surface area (TPSA) is 62.2 Å². The van der Waals surface area contributed by atoms with Gasteiger partial charge in [-0.05, 0) is 13.0 Å². The predicted octanol–water partition coefficient (Wildman–Crippen LogP) is 0.716. The molecule has 0 bridgehead atoms. The van der Waals surface area contributed by atoms with Crippen molar-refractivity contribution in [3.63, 3.8) is 0 Å². The highest BCUT2D eigenvalue weighted by Crippen LogP contribution is 2.24. The Morgan fingerprint density at radius 3 is 2.52 bits per heavy atom. The molecule has 2 N–H and O–H groups in total. The molecule has 0 aromatic carbocycles. The van der Waals surface area contributed by atoms with Gasteiger partial charge in [0, 0.05) is 39.8 Å². The molecule has 23 heavy (non-hydrogen) atoms. The van der Waals surface area contributed by atoms with Crippen LogP contribution in [0.1, 0.15) is 16.2 Å². The third-order valence-electron chi connectivity index (χ3n) is 3.66. The Bertz CT molecular complexity index is 528. The molecule has 1 unspecified atom stereocenters. The van der Waals surface area contributed by atoms with Gasteiger partial charge in [-0.2, -0.15) is 18.3 Å². The Labute approximate surface area is 138 Å². The van der Waals surface area contributed by atoms with Gasteiger partial charge in [-0.15, -0.1) is 12.4 Å². The fourth-order valence-corrected chi connectivity index (χ4v) is 2.55. The van der Waals surface area contributed by atoms with Crippen LogP contribution in [0.5, 0.6) is 0 Å². The van der Waals surface area contributed by atoms with Crippen LogP contribution in [0, 0.1) is 6.92 Å². The predicted molar refractivity (Wildman–Crippen MR) is 81.8 cm³/mol. The third kappa shape index (κ3) is 5.08. The lowest BCUT2D eigenvalue weighted by molar-refractivity contribution is -0.183. The Kier molecular flexibility index (Phi) is 6.84. The van der Waals surface area contributed by atoms with Crippen LogP contribution in [0.3, 0.4) is 0 Å². The number of halogens is 4. The number of carbonyl (C=O) groups excluding carboxylic acids is 1. The number of alkyl halides is 3. The first-order valence-electron chi connectivity index (χ1n) is 7.09. The molecule has 10 heteroatoms. The van der Waals surface area contributed by atoms with E-state index in [2.05, 4.69) is 15.7 Å². The Balaban J connectivity index is 0.00000264. The zero-order valence-electron chi connectivity index (χ0n) is 13.0. The first-order chi connectivity index (χ1) is 10.3. The van der Waals surface area contributed by atoms with Crippen molar-refractivity contribution in [2.45, 2.75) is 19.1 Å². The highest BCUT2D eigenvalue weighted by atomic mass is 35.5. The largest absolute Gasteiger partial charge is 0.405 e. The number of amides is 1. The number of aromatic nitrogens is 2. The highest BCUT2D eigenvalue weighted by molar-refractivity contribution is 5.92. The zero-order chi connectivity index (χ0) is 16.3. The molecule has 1 aliphatic heterocycles. The number of nitrogens with zero attached hydrogens (tertiary/aromatic N) is 3. The highest BCUT2D eigenvalue weighted by Gasteiger charge is 2.43. The van der Waals surface area contributed by atoms with Gasteiger partial charge in [0.15, 0.2) is 0 Å². The number of piperazine rings is 1. The minimum Gasteiger partial charge on any atom is -0.349 e. The van der Waals surface area contributed by atoms with E-state index < -0.39 is 24.7 Å². The van der Waals surface area contributed by atoms with E-state index >= 15 is 0 Å². The van der Waals surface area contributed by atoms with E-state index in [1.807, 2.05) is 0 Å². The average molecular weight is 356 g/mol. The van der Waals surface area contributed by atoms with Crippen LogP contribution in [-0.4, -0.2) is 65.5 Å². The molecule has 1 saturated heterocycles. The summed E-state index contributed by atoms with van der Waals surface area (Å²) in [5.74, 6) is -0.549. The minimum atomic E-state index is -4.38. The molecule has 1 atom stereocenters. The van der Waals surface area contributed by atoms with E-state index in [0.717, 1.165) is 0 Å². The fraction of sp³-hybridized carbons (Fsp3) is 0.692. The van der Waals surface area contributed by atoms with Crippen LogP contribution >= 0.6 is 12.4 Å². The summed E-state index contributed by atoms with van der Waals surface area (Å²) in [5, 5.41) is 9.40. The lowest BCUT2D eigenvalue weighted by Gasteiger charge is -2.35. The third-order valence-corrected chi connectivity index (χ3v) is 3.66. The molecule has 1 aliphatic rings. The molecule has 1 amide bonds. The number of hydrogen-bond acceptors (Lipinski definition) is 4. The molecule has 2 rings (SSSR count). The van der Waals surface area contributed by atoms with Crippen LogP contribution in [-0.2, 0) is 7.05 Å². The normalized spacial score (nSPS) is 17.4. The van der Waals surface area contributed by atoms with E-state index in [-0.39, 0.29) is 18.1 Å². The van der Waals surface area contributed by atoms with E-state index in [1.165, 1.54) is 9.58 Å². The van der Waals surface area contributed by atoms with E-state index in [4.69, 9.17) is 0 Å². The first kappa shape index (κ1) is 19.7. The van der Waals surface area contributed by atoms with E-state index in [0.29, 0.717) is 31.9 Å². The Hall–Kier alpha value is -1.32. The summed E-state index contributed by atoms with van der Waals surface area (Å²) in [5.41, 5.74) is 0.890. The smallest absolute Gasteiger partial charge is 0.349 e. The molecule has 0 aliphatic carbocycles. The summed E-state index contributed by atoms with van der Waals surface area (Å²) in [7, 11) is 1.58. The lowest BCUT2D eigenvalue weighted by atomic mass is 10.2. The van der Waals surface area contributed by atoms with E-state index in [9.17, 15) is 18.0 Å². The van der Waals surface area contributed by atoms with Crippen molar-refractivity contribution in [3.8, 4) is 0 Å². The van der Waals surface area contributed by atoms with Crippen molar-refractivity contribution < 1.29 is 18.0 Å². The molecule has 1 aromatic heterocycles. The van der Waals surface area contributed by atoms with Crippen molar-refractivity contribution in [2.24, 2.45) is 7.05 Å². The number of rotatable bonds is 4. The van der Waals surface area contributed by atoms with Gasteiger partial charge >= 0.3 is 6.18 Å². The van der Waals surface area contributed by atoms with Crippen LogP contribution < -0.4 is 10.6 Å². The van der Waals surface area contributed by atoms with Gasteiger partial charge in [0.05, 0.1) is 5.69 Å². The number of carbonyl (C=O) groups is 1. The molecule has 1 aromatic rings. The van der Waals surface area contributed by atoms with Crippen LogP contribution in [0.25, 0.3) is 0 Å². The van der Waals surface area contributed by atoms with Crippen molar-refractivity contribution >= 4 is 18.3 Å². The van der Waals surface area contributed by atoms with Crippen LogP contribution in [0.4, 0.5) is 13.2 Å². The molecular formula is C13H21ClF3N5O.